The molecular weight excluding hydrogens is 218 g/mol. The molecule has 0 aromatic carbocycles. The van der Waals surface area contributed by atoms with Gasteiger partial charge < -0.3 is 25.7 Å². The van der Waals surface area contributed by atoms with Crippen molar-refractivity contribution in [3.8, 4) is 0 Å². The van der Waals surface area contributed by atoms with Gasteiger partial charge in [0.15, 0.2) is 0 Å². The van der Waals surface area contributed by atoms with Crippen LogP contribution in [0.4, 0.5) is 0 Å². The van der Waals surface area contributed by atoms with Gasteiger partial charge in [-0.15, -0.1) is 0 Å². The summed E-state index contributed by atoms with van der Waals surface area (Å²) in [6, 6.07) is -1.21. The summed E-state index contributed by atoms with van der Waals surface area (Å²) in [7, 11) is 0. The van der Waals surface area contributed by atoms with Gasteiger partial charge in [0.2, 0.25) is 0 Å². The van der Waals surface area contributed by atoms with Crippen LogP contribution in [0.1, 0.15) is 13.3 Å². The van der Waals surface area contributed by atoms with Crippen molar-refractivity contribution in [2.45, 2.75) is 25.5 Å². The molecule has 0 aliphatic heterocycles. The maximum absolute atomic E-state index is 10.7. The molecule has 0 aromatic heterocycles. The van der Waals surface area contributed by atoms with Gasteiger partial charge in [-0.3, -0.25) is 9.59 Å². The van der Waals surface area contributed by atoms with E-state index < -0.39 is 30.0 Å². The van der Waals surface area contributed by atoms with Crippen LogP contribution >= 0.6 is 0 Å². The summed E-state index contributed by atoms with van der Waals surface area (Å²) in [5.74, 6) is -3.23. The highest BCUT2D eigenvalue weighted by Crippen LogP contribution is 2.03. The Labute approximate surface area is 92.7 Å². The standard InChI is InChI=1S/C9H17NO6/c1-5(12)7(9(15)16)10-4-6(2-3-11)8(13)14/h5-7,10-12H,2-4H2,1H3,(H,13,14)(H,15,16)/t5-,6?,7+/m1/s1. The Morgan fingerprint density at radius 2 is 1.81 bits per heavy atom. The van der Waals surface area contributed by atoms with Crippen LogP contribution < -0.4 is 5.32 Å². The zero-order valence-electron chi connectivity index (χ0n) is 8.96. The fraction of sp³-hybridized carbons (Fsp3) is 0.778. The normalized spacial score (nSPS) is 16.4. The number of hydrogen-bond donors (Lipinski definition) is 5. The minimum absolute atomic E-state index is 0.0362. The third-order valence-electron chi connectivity index (χ3n) is 2.16. The lowest BCUT2D eigenvalue weighted by atomic mass is 10.1. The van der Waals surface area contributed by atoms with Crippen molar-refractivity contribution in [1.82, 2.24) is 5.32 Å². The molecule has 94 valence electrons. The van der Waals surface area contributed by atoms with Gasteiger partial charge in [0.05, 0.1) is 12.0 Å². The van der Waals surface area contributed by atoms with Gasteiger partial charge >= 0.3 is 11.9 Å². The molecule has 0 fully saturated rings. The van der Waals surface area contributed by atoms with Crippen LogP contribution in [0.15, 0.2) is 0 Å². The van der Waals surface area contributed by atoms with Crippen molar-refractivity contribution in [3.05, 3.63) is 0 Å². The number of carboxylic acids is 2. The average Bonchev–Trinajstić information content (AvgIpc) is 2.15. The maximum Gasteiger partial charge on any atom is 0.323 e. The fourth-order valence-electron chi connectivity index (χ4n) is 1.20. The van der Waals surface area contributed by atoms with Gasteiger partial charge in [-0.05, 0) is 13.3 Å². The summed E-state index contributed by atoms with van der Waals surface area (Å²) in [5.41, 5.74) is 0. The fourth-order valence-corrected chi connectivity index (χ4v) is 1.20. The van der Waals surface area contributed by atoms with Gasteiger partial charge in [0, 0.05) is 13.2 Å². The topological polar surface area (TPSA) is 127 Å². The third kappa shape index (κ3) is 5.06. The molecule has 5 N–H and O–H groups in total. The third-order valence-corrected chi connectivity index (χ3v) is 2.16. The second-order valence-electron chi connectivity index (χ2n) is 3.51. The SMILES string of the molecule is C[C@@H](O)[C@H](NCC(CCO)C(=O)O)C(=O)O. The highest BCUT2D eigenvalue weighted by Gasteiger charge is 2.25. The minimum Gasteiger partial charge on any atom is -0.481 e. The number of aliphatic carboxylic acids is 2. The van der Waals surface area contributed by atoms with E-state index in [-0.39, 0.29) is 19.6 Å². The van der Waals surface area contributed by atoms with Gasteiger partial charge in [-0.1, -0.05) is 0 Å². The second-order valence-corrected chi connectivity index (χ2v) is 3.51. The van der Waals surface area contributed by atoms with E-state index in [1.165, 1.54) is 6.92 Å². The Kier molecular flexibility index (Phi) is 6.63. The van der Waals surface area contributed by atoms with Crippen LogP contribution in [0.3, 0.4) is 0 Å². The molecule has 7 heteroatoms. The highest BCUT2D eigenvalue weighted by molar-refractivity contribution is 5.74. The lowest BCUT2D eigenvalue weighted by Gasteiger charge is -2.19. The molecule has 3 atom stereocenters. The van der Waals surface area contributed by atoms with E-state index >= 15 is 0 Å². The Morgan fingerprint density at radius 1 is 1.25 bits per heavy atom. The molecule has 0 aliphatic rings. The number of hydrogen-bond acceptors (Lipinski definition) is 5. The molecule has 0 radical (unpaired) electrons. The van der Waals surface area contributed by atoms with Crippen LogP contribution in [0.25, 0.3) is 0 Å². The van der Waals surface area contributed by atoms with E-state index in [2.05, 4.69) is 5.32 Å². The first-order chi connectivity index (χ1) is 7.40. The van der Waals surface area contributed by atoms with Gasteiger partial charge in [-0.25, -0.2) is 0 Å². The van der Waals surface area contributed by atoms with Crippen molar-refractivity contribution >= 4 is 11.9 Å². The second kappa shape index (κ2) is 7.15. The van der Waals surface area contributed by atoms with E-state index in [4.69, 9.17) is 20.4 Å². The predicted octanol–water partition coefficient (Wildman–Crippen LogP) is -1.51. The van der Waals surface area contributed by atoms with Crippen molar-refractivity contribution in [3.63, 3.8) is 0 Å². The number of carbonyl (C=O) groups is 2. The maximum atomic E-state index is 10.7. The quantitative estimate of drug-likeness (QED) is 0.346. The van der Waals surface area contributed by atoms with Gasteiger partial charge in [0.25, 0.3) is 0 Å². The average molecular weight is 235 g/mol. The van der Waals surface area contributed by atoms with Crippen molar-refractivity contribution < 1.29 is 30.0 Å². The zero-order chi connectivity index (χ0) is 12.7. The Balaban J connectivity index is 4.26. The van der Waals surface area contributed by atoms with Crippen molar-refractivity contribution in [2.75, 3.05) is 13.2 Å². The van der Waals surface area contributed by atoms with E-state index in [9.17, 15) is 9.59 Å². The molecule has 1 unspecified atom stereocenters. The molecule has 16 heavy (non-hydrogen) atoms. The monoisotopic (exact) mass is 235 g/mol. The first-order valence-electron chi connectivity index (χ1n) is 4.88. The summed E-state index contributed by atoms with van der Waals surface area (Å²) in [6.07, 6.45) is -1.09. The van der Waals surface area contributed by atoms with Crippen LogP contribution in [0.2, 0.25) is 0 Å². The minimum atomic E-state index is -1.25. The number of aliphatic hydroxyl groups excluding tert-OH is 2. The summed E-state index contributed by atoms with van der Waals surface area (Å²) < 4.78 is 0. The Hall–Kier alpha value is -1.18. The van der Waals surface area contributed by atoms with Crippen LogP contribution in [-0.4, -0.2) is 57.7 Å². The molecule has 0 saturated carbocycles. The zero-order valence-corrected chi connectivity index (χ0v) is 8.96. The summed E-state index contributed by atoms with van der Waals surface area (Å²) in [4.78, 5) is 21.3. The lowest BCUT2D eigenvalue weighted by Crippen LogP contribution is -2.47. The van der Waals surface area contributed by atoms with E-state index in [1.807, 2.05) is 0 Å². The Bertz CT molecular complexity index is 242. The van der Waals surface area contributed by atoms with Crippen molar-refractivity contribution in [1.29, 1.82) is 0 Å². The molecular formula is C9H17NO6. The van der Waals surface area contributed by atoms with Crippen LogP contribution in [0.5, 0.6) is 0 Å². The largest absolute Gasteiger partial charge is 0.481 e. The van der Waals surface area contributed by atoms with Crippen LogP contribution in [-0.2, 0) is 9.59 Å². The van der Waals surface area contributed by atoms with E-state index in [0.717, 1.165) is 0 Å². The molecule has 7 nitrogen and oxygen atoms in total. The van der Waals surface area contributed by atoms with Gasteiger partial charge in [-0.2, -0.15) is 0 Å². The predicted molar refractivity (Wildman–Crippen MR) is 53.9 cm³/mol. The molecule has 0 rings (SSSR count). The molecule has 0 aliphatic carbocycles. The molecule has 0 heterocycles. The first-order valence-corrected chi connectivity index (χ1v) is 4.88. The molecule has 0 saturated heterocycles. The smallest absolute Gasteiger partial charge is 0.323 e. The van der Waals surface area contributed by atoms with E-state index in [0.29, 0.717) is 0 Å². The number of rotatable bonds is 8. The number of nitrogens with one attached hydrogen (secondary N) is 1. The lowest BCUT2D eigenvalue weighted by molar-refractivity contribution is -0.145. The molecule has 0 bridgehead atoms. The summed E-state index contributed by atoms with van der Waals surface area (Å²) in [6.45, 7) is 0.899. The van der Waals surface area contributed by atoms with Crippen LogP contribution in [0, 0.1) is 5.92 Å². The number of aliphatic hydroxyl groups is 2. The Morgan fingerprint density at radius 3 is 2.12 bits per heavy atom. The molecule has 0 amide bonds. The molecule has 0 spiro atoms. The summed E-state index contributed by atoms with van der Waals surface area (Å²) in [5, 5.41) is 37.6. The summed E-state index contributed by atoms with van der Waals surface area (Å²) >= 11 is 0. The van der Waals surface area contributed by atoms with E-state index in [1.54, 1.807) is 0 Å². The number of carboxylic acid groups (broad SMARTS) is 2. The highest BCUT2D eigenvalue weighted by atomic mass is 16.4. The van der Waals surface area contributed by atoms with Crippen molar-refractivity contribution in [2.24, 2.45) is 5.92 Å². The first kappa shape index (κ1) is 14.8. The van der Waals surface area contributed by atoms with Gasteiger partial charge in [0.1, 0.15) is 6.04 Å². The molecule has 0 aromatic rings.